The average molecular weight is 255 g/mol. The highest BCUT2D eigenvalue weighted by Gasteiger charge is 2.14. The normalized spacial score (nSPS) is 11.2. The Morgan fingerprint density at radius 2 is 2.06 bits per heavy atom. The van der Waals surface area contributed by atoms with Gasteiger partial charge in [-0.15, -0.1) is 0 Å². The fourth-order valence-corrected chi connectivity index (χ4v) is 2.94. The molecule has 0 atom stereocenters. The molecule has 0 unspecified atom stereocenters. The highest BCUT2D eigenvalue weighted by molar-refractivity contribution is 7.92. The highest BCUT2D eigenvalue weighted by atomic mass is 32.2. The van der Waals surface area contributed by atoms with Gasteiger partial charge in [0.05, 0.1) is 10.6 Å². The van der Waals surface area contributed by atoms with E-state index in [4.69, 9.17) is 0 Å². The van der Waals surface area contributed by atoms with Crippen LogP contribution in [0.1, 0.15) is 0 Å². The Morgan fingerprint density at radius 3 is 2.69 bits per heavy atom. The molecule has 84 valence electrons. The molecule has 6 heteroatoms. The first-order valence-corrected chi connectivity index (χ1v) is 6.84. The lowest BCUT2D eigenvalue weighted by Gasteiger charge is -2.06. The molecule has 2 aromatic rings. The van der Waals surface area contributed by atoms with E-state index < -0.39 is 10.0 Å². The minimum Gasteiger partial charge on any atom is -0.508 e. The fourth-order valence-electron chi connectivity index (χ4n) is 1.19. The molecule has 0 saturated carbocycles. The quantitative estimate of drug-likeness (QED) is 0.884. The van der Waals surface area contributed by atoms with Crippen molar-refractivity contribution in [3.63, 3.8) is 0 Å². The van der Waals surface area contributed by atoms with Gasteiger partial charge in [-0.1, -0.05) is 6.07 Å². The van der Waals surface area contributed by atoms with Crippen LogP contribution in [0.5, 0.6) is 5.75 Å². The molecule has 0 aliphatic carbocycles. The summed E-state index contributed by atoms with van der Waals surface area (Å²) in [4.78, 5) is 0.0405. The molecule has 0 bridgehead atoms. The Hall–Kier alpha value is -1.53. The van der Waals surface area contributed by atoms with Gasteiger partial charge in [-0.25, -0.2) is 8.42 Å². The second-order valence-electron chi connectivity index (χ2n) is 3.11. The van der Waals surface area contributed by atoms with Crippen LogP contribution >= 0.6 is 11.3 Å². The predicted molar refractivity (Wildman–Crippen MR) is 63.2 cm³/mol. The van der Waals surface area contributed by atoms with Crippen LogP contribution < -0.4 is 4.72 Å². The van der Waals surface area contributed by atoms with Crippen molar-refractivity contribution in [3.8, 4) is 5.75 Å². The van der Waals surface area contributed by atoms with Gasteiger partial charge in [0.15, 0.2) is 0 Å². The Labute approximate surface area is 97.2 Å². The lowest BCUT2D eigenvalue weighted by molar-refractivity contribution is 0.473. The Kier molecular flexibility index (Phi) is 2.84. The van der Waals surface area contributed by atoms with Crippen LogP contribution in [0.15, 0.2) is 46.0 Å². The van der Waals surface area contributed by atoms with Crippen molar-refractivity contribution in [2.45, 2.75) is 4.90 Å². The maximum absolute atomic E-state index is 11.8. The van der Waals surface area contributed by atoms with Gasteiger partial charge in [-0.2, -0.15) is 11.3 Å². The van der Waals surface area contributed by atoms with Crippen LogP contribution in [0.4, 0.5) is 5.69 Å². The number of sulfonamides is 1. The summed E-state index contributed by atoms with van der Waals surface area (Å²) in [5.74, 6) is -0.0757. The first-order chi connectivity index (χ1) is 7.58. The van der Waals surface area contributed by atoms with Crippen molar-refractivity contribution in [2.75, 3.05) is 4.72 Å². The van der Waals surface area contributed by atoms with E-state index in [0.717, 1.165) is 0 Å². The molecular weight excluding hydrogens is 246 g/mol. The monoisotopic (exact) mass is 255 g/mol. The molecule has 2 N–H and O–H groups in total. The van der Waals surface area contributed by atoms with E-state index >= 15 is 0 Å². The molecule has 1 aromatic carbocycles. The number of hydrogen-bond donors (Lipinski definition) is 2. The number of anilines is 1. The molecule has 1 aromatic heterocycles. The van der Waals surface area contributed by atoms with Gasteiger partial charge < -0.3 is 5.11 Å². The topological polar surface area (TPSA) is 66.4 Å². The zero-order valence-corrected chi connectivity index (χ0v) is 9.75. The Bertz CT molecular complexity index is 576. The summed E-state index contributed by atoms with van der Waals surface area (Å²) in [7, 11) is -3.61. The van der Waals surface area contributed by atoms with E-state index in [-0.39, 0.29) is 10.6 Å². The van der Waals surface area contributed by atoms with Gasteiger partial charge in [0, 0.05) is 11.4 Å². The fraction of sp³-hybridized carbons (Fsp3) is 0. The van der Waals surface area contributed by atoms with Gasteiger partial charge in [-0.05, 0) is 23.6 Å². The van der Waals surface area contributed by atoms with E-state index in [9.17, 15) is 13.5 Å². The minimum absolute atomic E-state index is 0.0405. The van der Waals surface area contributed by atoms with Crippen molar-refractivity contribution >= 4 is 27.0 Å². The maximum atomic E-state index is 11.8. The zero-order chi connectivity index (χ0) is 11.6. The smallest absolute Gasteiger partial charge is 0.262 e. The van der Waals surface area contributed by atoms with Crippen LogP contribution in [0.25, 0.3) is 0 Å². The van der Waals surface area contributed by atoms with E-state index in [1.807, 2.05) is 0 Å². The van der Waals surface area contributed by atoms with Crippen LogP contribution in [0.3, 0.4) is 0 Å². The van der Waals surface area contributed by atoms with Crippen molar-refractivity contribution < 1.29 is 13.5 Å². The first kappa shape index (κ1) is 11.0. The molecule has 0 saturated heterocycles. The highest BCUT2D eigenvalue weighted by Crippen LogP contribution is 2.20. The molecule has 2 rings (SSSR count). The molecule has 0 fully saturated rings. The molecule has 4 nitrogen and oxygen atoms in total. The minimum atomic E-state index is -3.61. The van der Waals surface area contributed by atoms with Crippen molar-refractivity contribution in [1.82, 2.24) is 0 Å². The summed E-state index contributed by atoms with van der Waals surface area (Å²) in [5.41, 5.74) is 0.522. The summed E-state index contributed by atoms with van der Waals surface area (Å²) >= 11 is 1.40. The molecule has 0 spiro atoms. The number of nitrogens with one attached hydrogen (secondary N) is 1. The Morgan fingerprint density at radius 1 is 1.25 bits per heavy atom. The van der Waals surface area contributed by atoms with Crippen LogP contribution in [0, 0.1) is 0 Å². The van der Waals surface area contributed by atoms with Crippen LogP contribution in [-0.4, -0.2) is 13.5 Å². The molecular formula is C10H9NO3S2. The maximum Gasteiger partial charge on any atom is 0.262 e. The third-order valence-corrected chi connectivity index (χ3v) is 3.96. The van der Waals surface area contributed by atoms with E-state index in [2.05, 4.69) is 4.72 Å². The van der Waals surface area contributed by atoms with E-state index in [0.29, 0.717) is 5.69 Å². The summed E-state index contributed by atoms with van der Waals surface area (Å²) < 4.78 is 26.1. The van der Waals surface area contributed by atoms with Gasteiger partial charge in [0.25, 0.3) is 10.0 Å². The van der Waals surface area contributed by atoms with Crippen molar-refractivity contribution in [2.24, 2.45) is 0 Å². The second-order valence-corrected chi connectivity index (χ2v) is 5.58. The number of hydrogen-bond acceptors (Lipinski definition) is 4. The molecule has 0 radical (unpaired) electrons. The van der Waals surface area contributed by atoms with Crippen molar-refractivity contribution in [3.05, 3.63) is 41.1 Å². The summed E-state index contributed by atoms with van der Waals surface area (Å²) in [6.45, 7) is 0. The van der Waals surface area contributed by atoms with Crippen LogP contribution in [0.2, 0.25) is 0 Å². The van der Waals surface area contributed by atoms with Gasteiger partial charge in [-0.3, -0.25) is 4.72 Å². The molecule has 0 aliphatic rings. The van der Waals surface area contributed by atoms with Gasteiger partial charge >= 0.3 is 0 Å². The molecule has 0 aliphatic heterocycles. The van der Waals surface area contributed by atoms with Gasteiger partial charge in [0.2, 0.25) is 0 Å². The number of rotatable bonds is 3. The molecule has 16 heavy (non-hydrogen) atoms. The lowest BCUT2D eigenvalue weighted by Crippen LogP contribution is -2.12. The number of phenolic OH excluding ortho intramolecular Hbond substituents is 1. The summed E-state index contributed by atoms with van der Waals surface area (Å²) in [6, 6.07) is 7.20. The summed E-state index contributed by atoms with van der Waals surface area (Å²) in [6.07, 6.45) is 0. The lowest BCUT2D eigenvalue weighted by atomic mass is 10.3. The zero-order valence-electron chi connectivity index (χ0n) is 8.12. The largest absolute Gasteiger partial charge is 0.508 e. The van der Waals surface area contributed by atoms with Gasteiger partial charge in [0.1, 0.15) is 5.75 Å². The predicted octanol–water partition coefficient (Wildman–Crippen LogP) is 2.25. The van der Waals surface area contributed by atoms with E-state index in [1.165, 1.54) is 35.6 Å². The van der Waals surface area contributed by atoms with Crippen molar-refractivity contribution in [1.29, 1.82) is 0 Å². The van der Waals surface area contributed by atoms with E-state index in [1.54, 1.807) is 16.8 Å². The third-order valence-electron chi connectivity index (χ3n) is 1.90. The summed E-state index contributed by atoms with van der Waals surface area (Å²) in [5, 5.41) is 12.7. The third kappa shape index (κ3) is 2.34. The molecule has 0 amide bonds. The number of phenols is 1. The molecule has 1 heterocycles. The number of aromatic hydroxyl groups is 1. The number of thiophene rings is 1. The second kappa shape index (κ2) is 4.15. The number of benzene rings is 1. The standard InChI is InChI=1S/C10H9NO3S2/c12-9-2-1-3-10(6-9)16(13,14)11-8-4-5-15-7-8/h1-7,11-12H. The van der Waals surface area contributed by atoms with Crippen LogP contribution in [-0.2, 0) is 10.0 Å². The Balaban J connectivity index is 2.33. The SMILES string of the molecule is O=S(=O)(Nc1ccsc1)c1cccc(O)c1. The first-order valence-electron chi connectivity index (χ1n) is 4.42. The average Bonchev–Trinajstić information content (AvgIpc) is 2.70.